The van der Waals surface area contributed by atoms with E-state index in [1.807, 2.05) is 0 Å². The van der Waals surface area contributed by atoms with Crippen LogP contribution in [0.25, 0.3) is 0 Å². The molecular formula is C12H24CoCuO16. The van der Waals surface area contributed by atoms with Crippen molar-refractivity contribution < 1.29 is 114 Å². The molecule has 0 aromatic heterocycles. The van der Waals surface area contributed by atoms with Crippen LogP contribution in [0.4, 0.5) is 0 Å². The molecule has 4 atom stereocenters. The third kappa shape index (κ3) is 34.1. The van der Waals surface area contributed by atoms with E-state index in [1.54, 1.807) is 0 Å². The summed E-state index contributed by atoms with van der Waals surface area (Å²) < 4.78 is 0. The van der Waals surface area contributed by atoms with Gasteiger partial charge in [0.1, 0.15) is 0 Å². The molecule has 2 radical (unpaired) electrons. The molecule has 0 aromatic rings. The molecule has 0 aliphatic heterocycles. The van der Waals surface area contributed by atoms with Crippen LogP contribution in [-0.2, 0) is 53.0 Å². The van der Waals surface area contributed by atoms with Gasteiger partial charge in [-0.2, -0.15) is 0 Å². The Morgan fingerprint density at radius 3 is 0.567 bits per heavy atom. The Balaban J connectivity index is -0.0000000626. The van der Waals surface area contributed by atoms with Crippen LogP contribution in [0.2, 0.25) is 0 Å². The molecule has 12 N–H and O–H groups in total. The molecule has 0 fully saturated rings. The van der Waals surface area contributed by atoms with E-state index in [1.165, 1.54) is 0 Å². The smallest absolute Gasteiger partial charge is 0.334 e. The van der Waals surface area contributed by atoms with Crippen molar-refractivity contribution in [2.45, 2.75) is 24.4 Å². The monoisotopic (exact) mass is 546 g/mol. The standard InChI is InChI=1S/4C3H6O4.Co.Cu/c4*4-1-2(5)3(6)7;;/h4*2,4-5H,1H2,(H,6,7);;. The third-order valence-electron chi connectivity index (χ3n) is 1.83. The maximum absolute atomic E-state index is 9.52. The minimum absolute atomic E-state index is 0. The van der Waals surface area contributed by atoms with Gasteiger partial charge in [-0.1, -0.05) is 0 Å². The van der Waals surface area contributed by atoms with Crippen molar-refractivity contribution in [1.82, 2.24) is 0 Å². The Morgan fingerprint density at radius 2 is 0.567 bits per heavy atom. The van der Waals surface area contributed by atoms with Crippen molar-refractivity contribution in [1.29, 1.82) is 0 Å². The molecule has 0 bridgehead atoms. The summed E-state index contributed by atoms with van der Waals surface area (Å²) in [5.74, 6) is -5.60. The van der Waals surface area contributed by atoms with Crippen LogP contribution in [0.15, 0.2) is 0 Å². The average molecular weight is 547 g/mol. The summed E-state index contributed by atoms with van der Waals surface area (Å²) in [5, 5.41) is 94.9. The topological polar surface area (TPSA) is 311 Å². The number of carbonyl (C=O) groups is 4. The number of carboxylic acid groups (broad SMARTS) is 4. The van der Waals surface area contributed by atoms with E-state index in [0.717, 1.165) is 0 Å². The van der Waals surface area contributed by atoms with Crippen molar-refractivity contribution in [2.75, 3.05) is 26.4 Å². The van der Waals surface area contributed by atoms with Crippen molar-refractivity contribution in [2.24, 2.45) is 0 Å². The van der Waals surface area contributed by atoms with E-state index in [4.69, 9.17) is 61.3 Å². The van der Waals surface area contributed by atoms with E-state index in [-0.39, 0.29) is 33.8 Å². The minimum Gasteiger partial charge on any atom is -0.479 e. The molecule has 0 heterocycles. The maximum Gasteiger partial charge on any atom is 0.334 e. The maximum atomic E-state index is 9.52. The van der Waals surface area contributed by atoms with Crippen LogP contribution in [0, 0.1) is 0 Å². The number of aliphatic hydroxyl groups is 8. The van der Waals surface area contributed by atoms with Gasteiger partial charge in [0, 0.05) is 33.8 Å². The zero-order valence-electron chi connectivity index (χ0n) is 14.8. The van der Waals surface area contributed by atoms with E-state index < -0.39 is 74.7 Å². The number of carboxylic acids is 4. The molecular weight excluding hydrogens is 523 g/mol. The molecule has 0 aliphatic carbocycles. The minimum atomic E-state index is -1.63. The van der Waals surface area contributed by atoms with Crippen LogP contribution in [0.1, 0.15) is 0 Å². The van der Waals surface area contributed by atoms with Gasteiger partial charge in [0.05, 0.1) is 26.4 Å². The summed E-state index contributed by atoms with van der Waals surface area (Å²) in [6.45, 7) is -2.91. The molecule has 0 aromatic carbocycles. The van der Waals surface area contributed by atoms with Gasteiger partial charge in [-0.15, -0.1) is 0 Å². The Morgan fingerprint density at radius 1 is 0.467 bits per heavy atom. The van der Waals surface area contributed by atoms with Crippen molar-refractivity contribution in [3.05, 3.63) is 0 Å². The Kier molecular flexibility index (Phi) is 39.2. The summed E-state index contributed by atoms with van der Waals surface area (Å²) in [7, 11) is 0. The first-order chi connectivity index (χ1) is 12.7. The molecule has 188 valence electrons. The summed E-state index contributed by atoms with van der Waals surface area (Å²) in [4.78, 5) is 38.1. The van der Waals surface area contributed by atoms with E-state index in [2.05, 4.69) is 0 Å². The molecule has 0 spiro atoms. The molecule has 18 heteroatoms. The summed E-state index contributed by atoms with van der Waals surface area (Å²) in [5.41, 5.74) is 0. The Bertz CT molecular complexity index is 370. The zero-order chi connectivity index (χ0) is 23.4. The molecule has 16 nitrogen and oxygen atoms in total. The summed E-state index contributed by atoms with van der Waals surface area (Å²) in [6, 6.07) is 0. The van der Waals surface area contributed by atoms with Crippen LogP contribution in [0.5, 0.6) is 0 Å². The number of hydrogen-bond donors (Lipinski definition) is 12. The van der Waals surface area contributed by atoms with E-state index in [0.29, 0.717) is 0 Å². The number of rotatable bonds is 8. The van der Waals surface area contributed by atoms with Gasteiger partial charge in [-0.3, -0.25) is 0 Å². The first-order valence-electron chi connectivity index (χ1n) is 6.80. The van der Waals surface area contributed by atoms with Gasteiger partial charge < -0.3 is 61.3 Å². The summed E-state index contributed by atoms with van der Waals surface area (Å²) >= 11 is 0. The quantitative estimate of drug-likeness (QED) is 0.126. The molecule has 0 aliphatic rings. The average Bonchev–Trinajstić information content (AvgIpc) is 2.66. The van der Waals surface area contributed by atoms with Crippen LogP contribution < -0.4 is 0 Å². The fraction of sp³-hybridized carbons (Fsp3) is 0.667. The predicted octanol–water partition coefficient (Wildman–Crippen LogP) is -6.31. The molecule has 0 rings (SSSR count). The zero-order valence-corrected chi connectivity index (χ0v) is 16.8. The van der Waals surface area contributed by atoms with E-state index in [9.17, 15) is 19.2 Å². The van der Waals surface area contributed by atoms with Gasteiger partial charge in [0.2, 0.25) is 0 Å². The number of hydrogen-bond acceptors (Lipinski definition) is 12. The van der Waals surface area contributed by atoms with Gasteiger partial charge in [0.15, 0.2) is 24.4 Å². The van der Waals surface area contributed by atoms with Crippen molar-refractivity contribution >= 4 is 23.9 Å². The SMILES string of the molecule is O=C(O)C(O)CO.O=C(O)C(O)CO.O=C(O)C(O)CO.O=C(O)C(O)CO.[Co].[Cu]. The number of aliphatic carboxylic acids is 4. The Labute approximate surface area is 189 Å². The fourth-order valence-corrected chi connectivity index (χ4v) is 0.312. The Hall–Kier alpha value is -1.41. The second-order valence-corrected chi connectivity index (χ2v) is 4.15. The molecule has 0 saturated carbocycles. The van der Waals surface area contributed by atoms with Crippen molar-refractivity contribution in [3.8, 4) is 0 Å². The van der Waals surface area contributed by atoms with Crippen LogP contribution in [0.3, 0.4) is 0 Å². The van der Waals surface area contributed by atoms with Gasteiger partial charge in [-0.25, -0.2) is 19.2 Å². The third-order valence-corrected chi connectivity index (χ3v) is 1.83. The van der Waals surface area contributed by atoms with Crippen LogP contribution in [-0.4, -0.2) is 136 Å². The van der Waals surface area contributed by atoms with Gasteiger partial charge in [0.25, 0.3) is 0 Å². The van der Waals surface area contributed by atoms with Gasteiger partial charge >= 0.3 is 23.9 Å². The van der Waals surface area contributed by atoms with Crippen molar-refractivity contribution in [3.63, 3.8) is 0 Å². The summed E-state index contributed by atoms with van der Waals surface area (Å²) in [6.07, 6.45) is -6.50. The fourth-order valence-electron chi connectivity index (χ4n) is 0.312. The predicted molar refractivity (Wildman–Crippen MR) is 82.9 cm³/mol. The molecule has 0 amide bonds. The van der Waals surface area contributed by atoms with Gasteiger partial charge in [-0.05, 0) is 0 Å². The molecule has 4 unspecified atom stereocenters. The van der Waals surface area contributed by atoms with Crippen LogP contribution >= 0.6 is 0 Å². The second kappa shape index (κ2) is 27.6. The molecule has 0 saturated heterocycles. The normalized spacial score (nSPS) is 12.5. The number of aliphatic hydroxyl groups excluding tert-OH is 8. The first kappa shape index (κ1) is 42.6. The largest absolute Gasteiger partial charge is 0.479 e. The second-order valence-electron chi connectivity index (χ2n) is 4.15. The first-order valence-corrected chi connectivity index (χ1v) is 6.80. The van der Waals surface area contributed by atoms with E-state index >= 15 is 0 Å². The molecule has 30 heavy (non-hydrogen) atoms.